The monoisotopic (exact) mass is 354 g/mol. The summed E-state index contributed by atoms with van der Waals surface area (Å²) in [5.74, 6) is 1.19. The van der Waals surface area contributed by atoms with Crippen molar-refractivity contribution in [2.24, 2.45) is 0 Å². The highest BCUT2D eigenvalue weighted by molar-refractivity contribution is 6.42. The molecule has 0 spiro atoms. The van der Waals surface area contributed by atoms with Crippen LogP contribution in [0, 0.1) is 0 Å². The number of carbonyl (C=O) groups excluding carboxylic acids is 1. The number of benzene rings is 2. The largest absolute Gasteiger partial charge is 0.490 e. The maximum absolute atomic E-state index is 11.8. The molecule has 0 heterocycles. The van der Waals surface area contributed by atoms with Gasteiger partial charge in [-0.3, -0.25) is 0 Å². The number of para-hydroxylation sites is 2. The normalized spacial score (nSPS) is 10.0. The first-order valence-corrected chi connectivity index (χ1v) is 7.70. The molecule has 7 heteroatoms. The Labute approximate surface area is 144 Å². The van der Waals surface area contributed by atoms with Gasteiger partial charge in [0.1, 0.15) is 0 Å². The van der Waals surface area contributed by atoms with Gasteiger partial charge < -0.3 is 20.1 Å². The van der Waals surface area contributed by atoms with Crippen molar-refractivity contribution in [1.29, 1.82) is 0 Å². The lowest BCUT2D eigenvalue weighted by Gasteiger charge is -2.12. The second kappa shape index (κ2) is 8.50. The molecule has 0 aliphatic heterocycles. The number of halogens is 2. The molecule has 23 heavy (non-hydrogen) atoms. The van der Waals surface area contributed by atoms with Crippen LogP contribution in [-0.4, -0.2) is 19.4 Å². The molecule has 0 unspecified atom stereocenters. The number of anilines is 1. The van der Waals surface area contributed by atoms with Crippen molar-refractivity contribution in [2.45, 2.75) is 6.92 Å². The summed E-state index contributed by atoms with van der Waals surface area (Å²) in [6, 6.07) is 11.6. The smallest absolute Gasteiger partial charge is 0.321 e. The number of hydrogen-bond donors (Lipinski definition) is 2. The number of hydrogen-bond acceptors (Lipinski definition) is 3. The van der Waals surface area contributed by atoms with Gasteiger partial charge in [-0.15, -0.1) is 0 Å². The molecule has 0 saturated heterocycles. The Bertz CT molecular complexity index is 680. The molecule has 0 aliphatic carbocycles. The van der Waals surface area contributed by atoms with Gasteiger partial charge in [0.15, 0.2) is 18.2 Å². The van der Waals surface area contributed by atoms with Gasteiger partial charge >= 0.3 is 6.03 Å². The first-order valence-electron chi connectivity index (χ1n) is 6.94. The molecule has 122 valence electrons. The minimum Gasteiger partial charge on any atom is -0.490 e. The van der Waals surface area contributed by atoms with Crippen molar-refractivity contribution in [3.63, 3.8) is 0 Å². The predicted octanol–water partition coefficient (Wildman–Crippen LogP) is 4.55. The minimum atomic E-state index is -0.419. The van der Waals surface area contributed by atoms with Gasteiger partial charge in [-0.1, -0.05) is 35.3 Å². The summed E-state index contributed by atoms with van der Waals surface area (Å²) in [5.41, 5.74) is 0.534. The van der Waals surface area contributed by atoms with Gasteiger partial charge in [-0.05, 0) is 37.3 Å². The lowest BCUT2D eigenvalue weighted by atomic mass is 10.3. The van der Waals surface area contributed by atoms with Crippen LogP contribution in [-0.2, 0) is 0 Å². The van der Waals surface area contributed by atoms with Crippen molar-refractivity contribution >= 4 is 34.9 Å². The van der Waals surface area contributed by atoms with Crippen LogP contribution in [0.5, 0.6) is 11.5 Å². The van der Waals surface area contributed by atoms with Gasteiger partial charge in [-0.25, -0.2) is 4.79 Å². The van der Waals surface area contributed by atoms with Crippen LogP contribution in [0.2, 0.25) is 10.0 Å². The maximum Gasteiger partial charge on any atom is 0.321 e. The van der Waals surface area contributed by atoms with Crippen molar-refractivity contribution in [2.75, 3.05) is 18.7 Å². The van der Waals surface area contributed by atoms with E-state index in [9.17, 15) is 4.79 Å². The van der Waals surface area contributed by atoms with Crippen LogP contribution in [0.15, 0.2) is 42.5 Å². The van der Waals surface area contributed by atoms with Gasteiger partial charge in [0, 0.05) is 5.69 Å². The first-order chi connectivity index (χ1) is 11.1. The maximum atomic E-state index is 11.8. The van der Waals surface area contributed by atoms with Crippen LogP contribution in [0.4, 0.5) is 10.5 Å². The van der Waals surface area contributed by atoms with Crippen molar-refractivity contribution < 1.29 is 14.3 Å². The van der Waals surface area contributed by atoms with E-state index in [1.807, 2.05) is 19.1 Å². The topological polar surface area (TPSA) is 59.6 Å². The average molecular weight is 355 g/mol. The van der Waals surface area contributed by atoms with Gasteiger partial charge in [0.2, 0.25) is 0 Å². The lowest BCUT2D eigenvalue weighted by Crippen LogP contribution is -2.32. The van der Waals surface area contributed by atoms with Crippen molar-refractivity contribution in [3.05, 3.63) is 52.5 Å². The molecule has 0 radical (unpaired) electrons. The van der Waals surface area contributed by atoms with Crippen LogP contribution in [0.1, 0.15) is 6.92 Å². The zero-order chi connectivity index (χ0) is 16.7. The van der Waals surface area contributed by atoms with Crippen molar-refractivity contribution in [3.8, 4) is 11.5 Å². The zero-order valence-corrected chi connectivity index (χ0v) is 13.9. The molecule has 2 aromatic rings. The van der Waals surface area contributed by atoms with E-state index in [0.29, 0.717) is 33.8 Å². The Morgan fingerprint density at radius 2 is 1.74 bits per heavy atom. The van der Waals surface area contributed by atoms with Gasteiger partial charge in [-0.2, -0.15) is 0 Å². The van der Waals surface area contributed by atoms with E-state index in [-0.39, 0.29) is 6.73 Å². The Kier molecular flexibility index (Phi) is 6.38. The third-order valence-electron chi connectivity index (χ3n) is 2.79. The lowest BCUT2D eigenvalue weighted by molar-refractivity contribution is 0.229. The van der Waals surface area contributed by atoms with E-state index in [1.165, 1.54) is 0 Å². The molecule has 2 aromatic carbocycles. The fourth-order valence-corrected chi connectivity index (χ4v) is 2.07. The molecule has 0 bridgehead atoms. The van der Waals surface area contributed by atoms with E-state index in [4.69, 9.17) is 32.7 Å². The first kappa shape index (κ1) is 17.2. The van der Waals surface area contributed by atoms with Crippen LogP contribution < -0.4 is 20.1 Å². The van der Waals surface area contributed by atoms with Crippen molar-refractivity contribution in [1.82, 2.24) is 5.32 Å². The van der Waals surface area contributed by atoms with Gasteiger partial charge in [0.05, 0.1) is 16.7 Å². The number of nitrogens with one attached hydrogen (secondary N) is 2. The van der Waals surface area contributed by atoms with E-state index in [1.54, 1.807) is 30.3 Å². The zero-order valence-electron chi connectivity index (χ0n) is 12.4. The van der Waals surface area contributed by atoms with Crippen LogP contribution in [0.25, 0.3) is 0 Å². The third-order valence-corrected chi connectivity index (χ3v) is 3.53. The molecule has 0 fully saturated rings. The summed E-state index contributed by atoms with van der Waals surface area (Å²) in [6.45, 7) is 2.42. The van der Waals surface area contributed by atoms with E-state index >= 15 is 0 Å². The summed E-state index contributed by atoms with van der Waals surface area (Å²) >= 11 is 11.7. The van der Waals surface area contributed by atoms with Gasteiger partial charge in [0.25, 0.3) is 0 Å². The number of amides is 2. The number of carbonyl (C=O) groups is 1. The van der Waals surface area contributed by atoms with E-state index < -0.39 is 6.03 Å². The summed E-state index contributed by atoms with van der Waals surface area (Å²) in [5, 5.41) is 6.00. The van der Waals surface area contributed by atoms with E-state index in [2.05, 4.69) is 10.6 Å². The molecular formula is C16H16Cl2N2O3. The summed E-state index contributed by atoms with van der Waals surface area (Å²) in [4.78, 5) is 11.8. The Hall–Kier alpha value is -2.11. The molecule has 5 nitrogen and oxygen atoms in total. The quantitative estimate of drug-likeness (QED) is 0.748. The second-order valence-corrected chi connectivity index (χ2v) is 5.24. The highest BCUT2D eigenvalue weighted by Crippen LogP contribution is 2.26. The Morgan fingerprint density at radius 1 is 1.04 bits per heavy atom. The summed E-state index contributed by atoms with van der Waals surface area (Å²) < 4.78 is 10.9. The Balaban J connectivity index is 1.84. The summed E-state index contributed by atoms with van der Waals surface area (Å²) in [6.07, 6.45) is 0. The molecule has 0 saturated carbocycles. The van der Waals surface area contributed by atoms with Crippen LogP contribution in [0.3, 0.4) is 0 Å². The summed E-state index contributed by atoms with van der Waals surface area (Å²) in [7, 11) is 0. The fourth-order valence-electron chi connectivity index (χ4n) is 1.77. The highest BCUT2D eigenvalue weighted by Gasteiger charge is 2.06. The Morgan fingerprint density at radius 3 is 2.39 bits per heavy atom. The molecular weight excluding hydrogens is 339 g/mol. The molecule has 0 aromatic heterocycles. The fraction of sp³-hybridized carbons (Fsp3) is 0.188. The number of ether oxygens (including phenoxy) is 2. The molecule has 2 amide bonds. The molecule has 2 N–H and O–H groups in total. The minimum absolute atomic E-state index is 0.00274. The molecule has 0 aliphatic rings. The predicted molar refractivity (Wildman–Crippen MR) is 91.7 cm³/mol. The standard InChI is InChI=1S/C16H16Cl2N2O3/c1-2-22-14-5-3-4-6-15(14)23-10-19-16(21)20-11-7-8-12(17)13(18)9-11/h3-9H,2,10H2,1H3,(H2,19,20,21). The SMILES string of the molecule is CCOc1ccccc1OCNC(=O)Nc1ccc(Cl)c(Cl)c1. The number of rotatable bonds is 6. The molecule has 2 rings (SSSR count). The second-order valence-electron chi connectivity index (χ2n) is 4.43. The third kappa shape index (κ3) is 5.23. The number of urea groups is 1. The highest BCUT2D eigenvalue weighted by atomic mass is 35.5. The molecule has 0 atom stereocenters. The van der Waals surface area contributed by atoms with E-state index in [0.717, 1.165) is 0 Å². The van der Waals surface area contributed by atoms with Crippen LogP contribution >= 0.6 is 23.2 Å². The average Bonchev–Trinajstić information content (AvgIpc) is 2.53.